The van der Waals surface area contributed by atoms with Gasteiger partial charge in [0.25, 0.3) is 5.91 Å². The van der Waals surface area contributed by atoms with Gasteiger partial charge in [0, 0.05) is 5.56 Å². The number of hydrogen-bond donors (Lipinski definition) is 2. The van der Waals surface area contributed by atoms with Gasteiger partial charge in [-0.3, -0.25) is 4.79 Å². The number of aliphatic hydroxyl groups is 1. The molecule has 0 unspecified atom stereocenters. The summed E-state index contributed by atoms with van der Waals surface area (Å²) in [5, 5.41) is 14.5. The first-order valence-corrected chi connectivity index (χ1v) is 19.2. The summed E-state index contributed by atoms with van der Waals surface area (Å²) in [6.45, 7) is 17.9. The maximum Gasteiger partial charge on any atom is 0.335 e. The predicted octanol–water partition coefficient (Wildman–Crippen LogP) is 5.16. The van der Waals surface area contributed by atoms with Crippen LogP contribution in [0.1, 0.15) is 65.7 Å². The van der Waals surface area contributed by atoms with E-state index < -0.39 is 41.5 Å². The molecular formula is C30H45N5O6Si2. The summed E-state index contributed by atoms with van der Waals surface area (Å²) in [6.07, 6.45) is 0.492. The first kappa shape index (κ1) is 31.9. The van der Waals surface area contributed by atoms with Crippen LogP contribution in [0.4, 0.5) is 5.82 Å². The minimum Gasteiger partial charge on any atom is -0.414 e. The topological polar surface area (TPSA) is 130 Å². The number of aliphatic hydroxyl groups excluding tert-OH is 1. The first-order valence-electron chi connectivity index (χ1n) is 15.3. The lowest BCUT2D eigenvalue weighted by Gasteiger charge is -2.51. The van der Waals surface area contributed by atoms with Crippen molar-refractivity contribution < 1.29 is 27.6 Å². The Morgan fingerprint density at radius 1 is 0.977 bits per heavy atom. The Kier molecular flexibility index (Phi) is 9.24. The van der Waals surface area contributed by atoms with Crippen LogP contribution in [0.3, 0.4) is 0 Å². The number of anilines is 1. The lowest BCUT2D eigenvalue weighted by atomic mass is 10.1. The van der Waals surface area contributed by atoms with Gasteiger partial charge in [-0.25, -0.2) is 15.0 Å². The number of benzene rings is 1. The second kappa shape index (κ2) is 12.5. The summed E-state index contributed by atoms with van der Waals surface area (Å²) in [5.74, 6) is 0.0278. The lowest BCUT2D eigenvalue weighted by Crippen LogP contribution is -2.65. The third-order valence-corrected chi connectivity index (χ3v) is 19.1. The van der Waals surface area contributed by atoms with Crippen LogP contribution < -0.4 is 5.32 Å². The van der Waals surface area contributed by atoms with E-state index in [2.05, 4.69) is 75.7 Å². The van der Waals surface area contributed by atoms with Crippen LogP contribution in [0.25, 0.3) is 11.2 Å². The van der Waals surface area contributed by atoms with Gasteiger partial charge in [0.2, 0.25) is 0 Å². The highest BCUT2D eigenvalue weighted by Crippen LogP contribution is 2.47. The van der Waals surface area contributed by atoms with Crippen molar-refractivity contribution >= 4 is 40.0 Å². The molecule has 1 aromatic carbocycles. The number of hydrogen-bond acceptors (Lipinski definition) is 9. The van der Waals surface area contributed by atoms with Gasteiger partial charge < -0.3 is 32.7 Å². The van der Waals surface area contributed by atoms with E-state index in [1.165, 1.54) is 6.33 Å². The van der Waals surface area contributed by atoms with Crippen LogP contribution in [-0.4, -0.2) is 78.7 Å². The molecule has 43 heavy (non-hydrogen) atoms. The summed E-state index contributed by atoms with van der Waals surface area (Å²) in [5.41, 5.74) is 2.21. The van der Waals surface area contributed by atoms with Gasteiger partial charge in [-0.2, -0.15) is 0 Å². The zero-order chi connectivity index (χ0) is 31.1. The molecule has 4 atom stereocenters. The van der Waals surface area contributed by atoms with Crippen molar-refractivity contribution in [2.75, 3.05) is 11.9 Å². The molecule has 13 heteroatoms. The number of fused-ring (bicyclic) bond motifs is 2. The van der Waals surface area contributed by atoms with E-state index in [1.54, 1.807) is 30.6 Å². The smallest absolute Gasteiger partial charge is 0.335 e. The molecule has 2 saturated heterocycles. The number of imidazole rings is 1. The predicted molar refractivity (Wildman–Crippen MR) is 168 cm³/mol. The monoisotopic (exact) mass is 627 g/mol. The second-order valence-electron chi connectivity index (χ2n) is 12.9. The highest BCUT2D eigenvalue weighted by atomic mass is 28.5. The summed E-state index contributed by atoms with van der Waals surface area (Å²) in [4.78, 5) is 26.0. The molecule has 0 bridgehead atoms. The number of nitrogens with zero attached hydrogens (tertiary/aromatic N) is 4. The van der Waals surface area contributed by atoms with Crippen LogP contribution in [0, 0.1) is 0 Å². The molecule has 1 amide bonds. The fourth-order valence-corrected chi connectivity index (χ4v) is 17.7. The number of rotatable bonds is 8. The van der Waals surface area contributed by atoms with Gasteiger partial charge >= 0.3 is 17.1 Å². The molecule has 234 valence electrons. The van der Waals surface area contributed by atoms with E-state index in [1.807, 2.05) is 10.6 Å². The number of ether oxygens (including phenoxy) is 1. The van der Waals surface area contributed by atoms with Crippen molar-refractivity contribution in [2.24, 2.45) is 0 Å². The molecule has 2 aliphatic heterocycles. The van der Waals surface area contributed by atoms with E-state index in [0.717, 1.165) is 0 Å². The number of amides is 1. The maximum absolute atomic E-state index is 12.8. The molecule has 11 nitrogen and oxygen atoms in total. The van der Waals surface area contributed by atoms with Gasteiger partial charge in [0.05, 0.1) is 19.5 Å². The molecule has 0 aliphatic carbocycles. The Morgan fingerprint density at radius 3 is 2.26 bits per heavy atom. The Hall–Kier alpha value is -2.53. The number of aromatic nitrogens is 4. The molecular weight excluding hydrogens is 583 g/mol. The van der Waals surface area contributed by atoms with Gasteiger partial charge in [-0.1, -0.05) is 73.6 Å². The average Bonchev–Trinajstić information content (AvgIpc) is 3.49. The second-order valence-corrected chi connectivity index (χ2v) is 21.7. The first-order chi connectivity index (χ1) is 20.4. The summed E-state index contributed by atoms with van der Waals surface area (Å²) in [6, 6.07) is 8.92. The highest BCUT2D eigenvalue weighted by molar-refractivity contribution is 6.84. The molecule has 4 heterocycles. The van der Waals surface area contributed by atoms with Crippen LogP contribution in [0.2, 0.25) is 22.2 Å². The molecule has 2 N–H and O–H groups in total. The third kappa shape index (κ3) is 5.83. The van der Waals surface area contributed by atoms with Crippen LogP contribution in [0.15, 0.2) is 43.0 Å². The van der Waals surface area contributed by atoms with E-state index >= 15 is 0 Å². The summed E-state index contributed by atoms with van der Waals surface area (Å²) < 4.78 is 29.4. The van der Waals surface area contributed by atoms with Crippen LogP contribution >= 0.6 is 0 Å². The summed E-state index contributed by atoms with van der Waals surface area (Å²) >= 11 is 0. The van der Waals surface area contributed by atoms with E-state index in [9.17, 15) is 9.90 Å². The molecule has 5 rings (SSSR count). The molecule has 2 aliphatic rings. The molecule has 2 fully saturated rings. The molecule has 0 saturated carbocycles. The minimum atomic E-state index is -2.90. The van der Waals surface area contributed by atoms with Crippen LogP contribution in [0.5, 0.6) is 0 Å². The molecule has 0 spiro atoms. The van der Waals surface area contributed by atoms with Crippen LogP contribution in [-0.2, 0) is 24.2 Å². The summed E-state index contributed by atoms with van der Waals surface area (Å²) in [7, 11) is -5.62. The zero-order valence-electron chi connectivity index (χ0n) is 26.4. The standard InChI is InChI=1S/C30H45N5O6Si2/c1-18(2)42(19(3)4)38-15-24-27(40-43(41-42,20(5)6)21(7)8)26(36)23(39-24)14-35-17-33-25-28(31-16-32-29(25)35)34-30(37)22-12-10-9-11-13-22/h9-13,16-21,23-24,26-27,36H,14-15H2,1-8H3,(H,31,32,34,37)/t23-,24+,26-,27+/m0/s1. The van der Waals surface area contributed by atoms with Crippen molar-refractivity contribution in [3.63, 3.8) is 0 Å². The average molecular weight is 628 g/mol. The van der Waals surface area contributed by atoms with Crippen molar-refractivity contribution in [3.05, 3.63) is 48.5 Å². The molecule has 3 aromatic rings. The Bertz CT molecular complexity index is 1400. The Labute approximate surface area is 255 Å². The highest BCUT2D eigenvalue weighted by Gasteiger charge is 2.61. The third-order valence-electron chi connectivity index (χ3n) is 8.81. The number of nitrogens with one attached hydrogen (secondary N) is 1. The van der Waals surface area contributed by atoms with E-state index in [4.69, 9.17) is 17.7 Å². The zero-order valence-corrected chi connectivity index (χ0v) is 28.4. The number of carbonyl (C=O) groups excluding carboxylic acids is 1. The van der Waals surface area contributed by atoms with Crippen molar-refractivity contribution in [1.82, 2.24) is 19.5 Å². The fourth-order valence-electron chi connectivity index (χ4n) is 6.45. The number of carbonyl (C=O) groups is 1. The SMILES string of the molecule is CC(C)[Si]1(C(C)C)OC[C@H]2O[C@@H](Cn3cnc4c(NC(=O)c5ccccc5)ncnc43)[C@H](O)[C@@H]2O[Si](C(C)C)(C(C)C)O1. The van der Waals surface area contributed by atoms with Gasteiger partial charge in [0.15, 0.2) is 17.0 Å². The molecule has 0 radical (unpaired) electrons. The van der Waals surface area contributed by atoms with Crippen molar-refractivity contribution in [2.45, 2.75) is 109 Å². The van der Waals surface area contributed by atoms with E-state index in [-0.39, 0.29) is 34.6 Å². The quantitative estimate of drug-likeness (QED) is 0.325. The Balaban J connectivity index is 1.41. The van der Waals surface area contributed by atoms with Gasteiger partial charge in [-0.05, 0) is 34.3 Å². The largest absolute Gasteiger partial charge is 0.414 e. The van der Waals surface area contributed by atoms with Crippen molar-refractivity contribution in [3.8, 4) is 0 Å². The fraction of sp³-hybridized carbons (Fsp3) is 0.600. The molecule has 2 aromatic heterocycles. The lowest BCUT2D eigenvalue weighted by molar-refractivity contribution is -0.0407. The van der Waals surface area contributed by atoms with Gasteiger partial charge in [0.1, 0.15) is 30.7 Å². The normalized spacial score (nSPS) is 25.3. The van der Waals surface area contributed by atoms with E-state index in [0.29, 0.717) is 29.2 Å². The van der Waals surface area contributed by atoms with Crippen molar-refractivity contribution in [1.29, 1.82) is 0 Å². The van der Waals surface area contributed by atoms with Gasteiger partial charge in [-0.15, -0.1) is 0 Å². The minimum absolute atomic E-state index is 0.143. The Morgan fingerprint density at radius 2 is 1.63 bits per heavy atom. The maximum atomic E-state index is 12.8.